The fraction of sp³-hybridized carbons (Fsp3) is 0.429. The van der Waals surface area contributed by atoms with Gasteiger partial charge in [0, 0.05) is 18.0 Å². The van der Waals surface area contributed by atoms with E-state index in [1.165, 1.54) is 10.5 Å². The monoisotopic (exact) mass is 385 g/mol. The third-order valence-electron chi connectivity index (χ3n) is 5.19. The highest BCUT2D eigenvalue weighted by molar-refractivity contribution is 7.10. The van der Waals surface area contributed by atoms with E-state index in [0.717, 1.165) is 16.9 Å². The first kappa shape index (κ1) is 19.6. The third kappa shape index (κ3) is 4.39. The maximum atomic E-state index is 12.7. The number of imide groups is 1. The van der Waals surface area contributed by atoms with E-state index < -0.39 is 6.04 Å². The van der Waals surface area contributed by atoms with Crippen LogP contribution in [0, 0.1) is 0 Å². The highest BCUT2D eigenvalue weighted by Gasteiger charge is 2.31. The van der Waals surface area contributed by atoms with Crippen molar-refractivity contribution in [1.29, 1.82) is 0 Å². The maximum absolute atomic E-state index is 12.7. The summed E-state index contributed by atoms with van der Waals surface area (Å²) in [4.78, 5) is 26.9. The minimum Gasteiger partial charge on any atom is -0.336 e. The van der Waals surface area contributed by atoms with Crippen LogP contribution in [0.5, 0.6) is 0 Å². The van der Waals surface area contributed by atoms with Crippen molar-refractivity contribution in [2.75, 3.05) is 13.1 Å². The van der Waals surface area contributed by atoms with Gasteiger partial charge >= 0.3 is 6.03 Å². The number of nitrogens with one attached hydrogen (secondary N) is 2. The summed E-state index contributed by atoms with van der Waals surface area (Å²) < 4.78 is 0. The Bertz CT molecular complexity index is 773. The standard InChI is InChI=1S/C21H27N3O2S/c1-4-14(2)16-7-9-17(10-8-16)19(18-6-5-13-27-18)23-15(3)20(25)24-12-11-22-21(24)26/h5-10,13-15,19,23H,4,11-12H2,1-3H3,(H,22,26)/t14-,15-,19+/m0/s1. The average molecular weight is 386 g/mol. The Labute approximate surface area is 164 Å². The summed E-state index contributed by atoms with van der Waals surface area (Å²) in [5.74, 6) is 0.337. The molecule has 0 saturated carbocycles. The molecule has 1 aliphatic heterocycles. The van der Waals surface area contributed by atoms with E-state index in [2.05, 4.69) is 54.8 Å². The summed E-state index contributed by atoms with van der Waals surface area (Å²) in [5, 5.41) is 8.16. The van der Waals surface area contributed by atoms with Gasteiger partial charge in [0.15, 0.2) is 0 Å². The van der Waals surface area contributed by atoms with E-state index in [1.807, 2.05) is 18.4 Å². The van der Waals surface area contributed by atoms with Gasteiger partial charge in [0.1, 0.15) is 0 Å². The van der Waals surface area contributed by atoms with Gasteiger partial charge in [0.2, 0.25) is 5.91 Å². The summed E-state index contributed by atoms with van der Waals surface area (Å²) >= 11 is 1.66. The highest BCUT2D eigenvalue weighted by Crippen LogP contribution is 2.28. The highest BCUT2D eigenvalue weighted by atomic mass is 32.1. The molecule has 3 amide bonds. The van der Waals surface area contributed by atoms with Crippen LogP contribution in [0.4, 0.5) is 4.79 Å². The molecule has 0 aliphatic carbocycles. The first-order valence-corrected chi connectivity index (χ1v) is 10.4. The van der Waals surface area contributed by atoms with Crippen molar-refractivity contribution in [2.45, 2.75) is 45.2 Å². The molecule has 0 bridgehead atoms. The number of benzene rings is 1. The molecule has 3 rings (SSSR count). The molecule has 1 aliphatic rings. The lowest BCUT2D eigenvalue weighted by molar-refractivity contribution is -0.129. The number of carbonyl (C=O) groups excluding carboxylic acids is 2. The summed E-state index contributed by atoms with van der Waals surface area (Å²) in [6.45, 7) is 7.18. The molecule has 6 heteroatoms. The number of carbonyl (C=O) groups is 2. The van der Waals surface area contributed by atoms with Crippen molar-refractivity contribution in [2.24, 2.45) is 0 Å². The average Bonchev–Trinajstić information content (AvgIpc) is 3.36. The topological polar surface area (TPSA) is 61.4 Å². The first-order chi connectivity index (χ1) is 13.0. The summed E-state index contributed by atoms with van der Waals surface area (Å²) in [6.07, 6.45) is 1.11. The molecule has 1 fully saturated rings. The van der Waals surface area contributed by atoms with Crippen LogP contribution in [0.3, 0.4) is 0 Å². The van der Waals surface area contributed by atoms with Gasteiger partial charge in [-0.3, -0.25) is 15.0 Å². The SMILES string of the molecule is CC[C@H](C)c1ccc([C@@H](N[C@@H](C)C(=O)N2CCNC2=O)c2cccs2)cc1. The Morgan fingerprint density at radius 3 is 2.48 bits per heavy atom. The zero-order chi connectivity index (χ0) is 19.4. The van der Waals surface area contributed by atoms with Crippen molar-refractivity contribution < 1.29 is 9.59 Å². The Balaban J connectivity index is 1.80. The zero-order valence-corrected chi connectivity index (χ0v) is 16.9. The van der Waals surface area contributed by atoms with E-state index in [1.54, 1.807) is 11.3 Å². The van der Waals surface area contributed by atoms with Crippen molar-refractivity contribution in [3.8, 4) is 0 Å². The second-order valence-electron chi connectivity index (χ2n) is 7.03. The van der Waals surface area contributed by atoms with Crippen LogP contribution in [-0.4, -0.2) is 36.0 Å². The Hall–Kier alpha value is -2.18. The van der Waals surface area contributed by atoms with E-state index in [0.29, 0.717) is 19.0 Å². The smallest absolute Gasteiger partial charge is 0.324 e. The molecule has 144 valence electrons. The predicted octanol–water partition coefficient (Wildman–Crippen LogP) is 3.88. The number of amides is 3. The first-order valence-electron chi connectivity index (χ1n) is 9.49. The van der Waals surface area contributed by atoms with E-state index >= 15 is 0 Å². The van der Waals surface area contributed by atoms with Crippen LogP contribution in [-0.2, 0) is 4.79 Å². The van der Waals surface area contributed by atoms with Gasteiger partial charge in [-0.1, -0.05) is 44.2 Å². The lowest BCUT2D eigenvalue weighted by Crippen LogP contribution is -2.47. The minimum atomic E-state index is -0.463. The van der Waals surface area contributed by atoms with Crippen LogP contribution in [0.1, 0.15) is 55.2 Å². The lowest BCUT2D eigenvalue weighted by atomic mass is 9.95. The van der Waals surface area contributed by atoms with E-state index in [9.17, 15) is 9.59 Å². The Kier molecular flexibility index (Phi) is 6.29. The van der Waals surface area contributed by atoms with E-state index in [-0.39, 0.29) is 18.0 Å². The number of nitrogens with zero attached hydrogens (tertiary/aromatic N) is 1. The molecule has 0 radical (unpaired) electrons. The number of hydrogen-bond donors (Lipinski definition) is 2. The molecular weight excluding hydrogens is 358 g/mol. The summed E-state index contributed by atoms with van der Waals surface area (Å²) in [6, 6.07) is 11.9. The molecule has 2 N–H and O–H groups in total. The van der Waals surface area contributed by atoms with Crippen LogP contribution >= 0.6 is 11.3 Å². The molecule has 1 saturated heterocycles. The fourth-order valence-corrected chi connectivity index (χ4v) is 4.10. The molecule has 0 unspecified atom stereocenters. The number of thiophene rings is 1. The molecule has 3 atom stereocenters. The van der Waals surface area contributed by atoms with Gasteiger partial charge in [-0.15, -0.1) is 11.3 Å². The largest absolute Gasteiger partial charge is 0.336 e. The Morgan fingerprint density at radius 2 is 1.93 bits per heavy atom. The molecule has 27 heavy (non-hydrogen) atoms. The van der Waals surface area contributed by atoms with Crippen molar-refractivity contribution >= 4 is 23.3 Å². The fourth-order valence-electron chi connectivity index (χ4n) is 3.29. The molecule has 1 aromatic heterocycles. The second kappa shape index (κ2) is 8.67. The van der Waals surface area contributed by atoms with Gasteiger partial charge in [-0.2, -0.15) is 0 Å². The van der Waals surface area contributed by atoms with Gasteiger partial charge < -0.3 is 5.32 Å². The summed E-state index contributed by atoms with van der Waals surface area (Å²) in [7, 11) is 0. The quantitative estimate of drug-likeness (QED) is 0.760. The predicted molar refractivity (Wildman–Crippen MR) is 109 cm³/mol. The molecule has 2 heterocycles. The van der Waals surface area contributed by atoms with Gasteiger partial charge in [-0.25, -0.2) is 4.79 Å². The molecule has 1 aromatic carbocycles. The van der Waals surface area contributed by atoms with Crippen LogP contribution in [0.2, 0.25) is 0 Å². The zero-order valence-electron chi connectivity index (χ0n) is 16.1. The number of urea groups is 1. The molecule has 0 spiro atoms. The second-order valence-corrected chi connectivity index (χ2v) is 8.01. The van der Waals surface area contributed by atoms with Crippen LogP contribution in [0.25, 0.3) is 0 Å². The normalized spacial score (nSPS) is 17.4. The Morgan fingerprint density at radius 1 is 1.22 bits per heavy atom. The number of hydrogen-bond acceptors (Lipinski definition) is 4. The van der Waals surface area contributed by atoms with E-state index in [4.69, 9.17) is 0 Å². The van der Waals surface area contributed by atoms with Crippen molar-refractivity contribution in [3.63, 3.8) is 0 Å². The van der Waals surface area contributed by atoms with Crippen molar-refractivity contribution in [3.05, 3.63) is 57.8 Å². The molecule has 2 aromatic rings. The lowest BCUT2D eigenvalue weighted by Gasteiger charge is -2.25. The van der Waals surface area contributed by atoms with Gasteiger partial charge in [0.25, 0.3) is 0 Å². The minimum absolute atomic E-state index is 0.0828. The third-order valence-corrected chi connectivity index (χ3v) is 6.13. The van der Waals surface area contributed by atoms with Crippen LogP contribution < -0.4 is 10.6 Å². The molecular formula is C21H27N3O2S. The number of rotatable bonds is 7. The van der Waals surface area contributed by atoms with Crippen LogP contribution in [0.15, 0.2) is 41.8 Å². The molecule has 5 nitrogen and oxygen atoms in total. The summed E-state index contributed by atoms with van der Waals surface area (Å²) in [5.41, 5.74) is 2.44. The van der Waals surface area contributed by atoms with Gasteiger partial charge in [-0.05, 0) is 41.8 Å². The van der Waals surface area contributed by atoms with Gasteiger partial charge in [0.05, 0.1) is 12.1 Å². The maximum Gasteiger partial charge on any atom is 0.324 e. The van der Waals surface area contributed by atoms with Crippen molar-refractivity contribution in [1.82, 2.24) is 15.5 Å².